The van der Waals surface area contributed by atoms with Crippen LogP contribution in [0.4, 0.5) is 0 Å². The third kappa shape index (κ3) is 5.17. The SMILES string of the molecule is CC(C)CCC[C@@H](C)NC(=O)c1ccc(=O)[nH]c1. The van der Waals surface area contributed by atoms with Gasteiger partial charge in [-0.3, -0.25) is 9.59 Å². The third-order valence-electron chi connectivity index (χ3n) is 2.84. The summed E-state index contributed by atoms with van der Waals surface area (Å²) < 4.78 is 0. The molecule has 1 atom stereocenters. The second-order valence-corrected chi connectivity index (χ2v) is 5.14. The molecule has 0 saturated carbocycles. The summed E-state index contributed by atoms with van der Waals surface area (Å²) in [7, 11) is 0. The average molecular weight is 250 g/mol. The molecular weight excluding hydrogens is 228 g/mol. The highest BCUT2D eigenvalue weighted by Gasteiger charge is 2.09. The lowest BCUT2D eigenvalue weighted by Crippen LogP contribution is -2.32. The molecule has 1 aromatic rings. The normalized spacial score (nSPS) is 12.4. The van der Waals surface area contributed by atoms with Crippen LogP contribution in [0.5, 0.6) is 0 Å². The van der Waals surface area contributed by atoms with Crippen LogP contribution in [-0.2, 0) is 0 Å². The third-order valence-corrected chi connectivity index (χ3v) is 2.84. The van der Waals surface area contributed by atoms with Crippen LogP contribution < -0.4 is 10.9 Å². The Kier molecular flexibility index (Phi) is 5.62. The van der Waals surface area contributed by atoms with Crippen molar-refractivity contribution >= 4 is 5.91 Å². The molecule has 0 unspecified atom stereocenters. The fraction of sp³-hybridized carbons (Fsp3) is 0.571. The second-order valence-electron chi connectivity index (χ2n) is 5.14. The number of nitrogens with one attached hydrogen (secondary N) is 2. The molecule has 2 N–H and O–H groups in total. The summed E-state index contributed by atoms with van der Waals surface area (Å²) in [5.41, 5.74) is 0.293. The molecule has 1 rings (SSSR count). The summed E-state index contributed by atoms with van der Waals surface area (Å²) in [5.74, 6) is 0.565. The van der Waals surface area contributed by atoms with Gasteiger partial charge in [-0.2, -0.15) is 0 Å². The van der Waals surface area contributed by atoms with Crippen LogP contribution in [0.3, 0.4) is 0 Å². The second kappa shape index (κ2) is 6.99. The van der Waals surface area contributed by atoms with E-state index in [1.54, 1.807) is 0 Å². The van der Waals surface area contributed by atoms with Gasteiger partial charge < -0.3 is 10.3 Å². The summed E-state index contributed by atoms with van der Waals surface area (Å²) in [6, 6.07) is 3.05. The van der Waals surface area contributed by atoms with Crippen molar-refractivity contribution in [2.45, 2.75) is 46.1 Å². The average Bonchev–Trinajstić information content (AvgIpc) is 2.29. The summed E-state index contributed by atoms with van der Waals surface area (Å²) in [6.45, 7) is 6.40. The Bertz CT molecular complexity index is 417. The van der Waals surface area contributed by atoms with E-state index in [1.807, 2.05) is 6.92 Å². The predicted molar refractivity (Wildman–Crippen MR) is 72.7 cm³/mol. The van der Waals surface area contributed by atoms with E-state index in [1.165, 1.54) is 24.8 Å². The lowest BCUT2D eigenvalue weighted by molar-refractivity contribution is 0.0937. The topological polar surface area (TPSA) is 62.0 Å². The van der Waals surface area contributed by atoms with Gasteiger partial charge in [0.05, 0.1) is 5.56 Å². The molecule has 0 aliphatic heterocycles. The van der Waals surface area contributed by atoms with Crippen LogP contribution in [0, 0.1) is 5.92 Å². The number of hydrogen-bond donors (Lipinski definition) is 2. The highest BCUT2D eigenvalue weighted by atomic mass is 16.1. The molecular formula is C14H22N2O2. The van der Waals surface area contributed by atoms with Crippen molar-refractivity contribution in [1.82, 2.24) is 10.3 Å². The first-order chi connectivity index (χ1) is 8.49. The van der Waals surface area contributed by atoms with Crippen LogP contribution in [-0.4, -0.2) is 16.9 Å². The van der Waals surface area contributed by atoms with Gasteiger partial charge in [0.1, 0.15) is 0 Å². The molecule has 0 aliphatic rings. The van der Waals surface area contributed by atoms with Crippen LogP contribution in [0.15, 0.2) is 23.1 Å². The van der Waals surface area contributed by atoms with Gasteiger partial charge in [0.25, 0.3) is 5.91 Å². The number of carbonyl (C=O) groups is 1. The minimum Gasteiger partial charge on any atom is -0.350 e. The Hall–Kier alpha value is -1.58. The van der Waals surface area contributed by atoms with Crippen molar-refractivity contribution in [1.29, 1.82) is 0 Å². The van der Waals surface area contributed by atoms with Gasteiger partial charge in [0, 0.05) is 18.3 Å². The van der Waals surface area contributed by atoms with Gasteiger partial charge in [0.15, 0.2) is 0 Å². The van der Waals surface area contributed by atoms with Crippen LogP contribution in [0.1, 0.15) is 50.4 Å². The Balaban J connectivity index is 2.39. The van der Waals surface area contributed by atoms with E-state index in [0.29, 0.717) is 11.5 Å². The first kappa shape index (κ1) is 14.5. The van der Waals surface area contributed by atoms with Crippen molar-refractivity contribution in [2.75, 3.05) is 0 Å². The molecule has 4 heteroatoms. The number of H-pyrrole nitrogens is 1. The quantitative estimate of drug-likeness (QED) is 0.814. The van der Waals surface area contributed by atoms with Gasteiger partial charge in [-0.15, -0.1) is 0 Å². The van der Waals surface area contributed by atoms with E-state index < -0.39 is 0 Å². The molecule has 0 spiro atoms. The lowest BCUT2D eigenvalue weighted by atomic mass is 10.0. The monoisotopic (exact) mass is 250 g/mol. The van der Waals surface area contributed by atoms with E-state index in [9.17, 15) is 9.59 Å². The van der Waals surface area contributed by atoms with E-state index in [2.05, 4.69) is 24.1 Å². The Morgan fingerprint density at radius 1 is 1.28 bits per heavy atom. The molecule has 100 valence electrons. The number of pyridine rings is 1. The minimum atomic E-state index is -0.198. The number of aromatic nitrogens is 1. The van der Waals surface area contributed by atoms with Crippen molar-refractivity contribution in [3.63, 3.8) is 0 Å². The van der Waals surface area contributed by atoms with Gasteiger partial charge in [-0.1, -0.05) is 26.7 Å². The Morgan fingerprint density at radius 2 is 2.00 bits per heavy atom. The van der Waals surface area contributed by atoms with E-state index in [-0.39, 0.29) is 17.5 Å². The number of carbonyl (C=O) groups excluding carboxylic acids is 1. The van der Waals surface area contributed by atoms with Gasteiger partial charge >= 0.3 is 0 Å². The molecule has 0 bridgehead atoms. The van der Waals surface area contributed by atoms with E-state index in [4.69, 9.17) is 0 Å². The van der Waals surface area contributed by atoms with E-state index >= 15 is 0 Å². The molecule has 18 heavy (non-hydrogen) atoms. The predicted octanol–water partition coefficient (Wildman–Crippen LogP) is 2.32. The van der Waals surface area contributed by atoms with Crippen LogP contribution in [0.2, 0.25) is 0 Å². The van der Waals surface area contributed by atoms with Crippen molar-refractivity contribution < 1.29 is 4.79 Å². The maximum atomic E-state index is 11.8. The maximum Gasteiger partial charge on any atom is 0.252 e. The number of hydrogen-bond acceptors (Lipinski definition) is 2. The van der Waals surface area contributed by atoms with Gasteiger partial charge in [-0.05, 0) is 25.3 Å². The Morgan fingerprint density at radius 3 is 2.56 bits per heavy atom. The van der Waals surface area contributed by atoms with Crippen molar-refractivity contribution in [3.05, 3.63) is 34.2 Å². The molecule has 0 radical (unpaired) electrons. The molecule has 0 fully saturated rings. The van der Waals surface area contributed by atoms with Crippen molar-refractivity contribution in [2.24, 2.45) is 5.92 Å². The molecule has 1 amide bonds. The number of aromatic amines is 1. The fourth-order valence-corrected chi connectivity index (χ4v) is 1.76. The summed E-state index contributed by atoms with van der Waals surface area (Å²) in [5, 5.41) is 2.93. The standard InChI is InChI=1S/C14H22N2O2/c1-10(2)5-4-6-11(3)16-14(18)12-7-8-13(17)15-9-12/h7-11H,4-6H2,1-3H3,(H,15,17)(H,16,18)/t11-/m1/s1. The maximum absolute atomic E-state index is 11.8. The van der Waals surface area contributed by atoms with Gasteiger partial charge in [0.2, 0.25) is 5.56 Å². The fourth-order valence-electron chi connectivity index (χ4n) is 1.76. The largest absolute Gasteiger partial charge is 0.350 e. The Labute approximate surface area is 108 Å². The summed E-state index contributed by atoms with van der Waals surface area (Å²) in [4.78, 5) is 25.2. The summed E-state index contributed by atoms with van der Waals surface area (Å²) >= 11 is 0. The molecule has 0 aliphatic carbocycles. The number of rotatable bonds is 6. The van der Waals surface area contributed by atoms with Crippen LogP contribution in [0.25, 0.3) is 0 Å². The summed E-state index contributed by atoms with van der Waals surface area (Å²) in [6.07, 6.45) is 4.72. The molecule has 1 aromatic heterocycles. The highest BCUT2D eigenvalue weighted by Crippen LogP contribution is 2.08. The number of amides is 1. The van der Waals surface area contributed by atoms with Crippen molar-refractivity contribution in [3.8, 4) is 0 Å². The van der Waals surface area contributed by atoms with E-state index in [0.717, 1.165) is 12.8 Å². The minimum absolute atomic E-state index is 0.136. The molecule has 0 saturated heterocycles. The van der Waals surface area contributed by atoms with Crippen LogP contribution >= 0.6 is 0 Å². The van der Waals surface area contributed by atoms with Gasteiger partial charge in [-0.25, -0.2) is 0 Å². The highest BCUT2D eigenvalue weighted by molar-refractivity contribution is 5.93. The zero-order valence-electron chi connectivity index (χ0n) is 11.3. The molecule has 1 heterocycles. The first-order valence-electron chi connectivity index (χ1n) is 6.48. The molecule has 4 nitrogen and oxygen atoms in total. The first-order valence-corrected chi connectivity index (χ1v) is 6.48. The zero-order chi connectivity index (χ0) is 13.5. The molecule has 0 aromatic carbocycles. The lowest BCUT2D eigenvalue weighted by Gasteiger charge is -2.14. The smallest absolute Gasteiger partial charge is 0.252 e. The zero-order valence-corrected chi connectivity index (χ0v) is 11.3.